The van der Waals surface area contributed by atoms with Crippen molar-refractivity contribution in [3.05, 3.63) is 71.2 Å². The highest BCUT2D eigenvalue weighted by atomic mass is 16.5. The Hall–Kier alpha value is -5.59. The van der Waals surface area contributed by atoms with Crippen molar-refractivity contribution in [1.29, 1.82) is 5.41 Å². The predicted molar refractivity (Wildman–Crippen MR) is 167 cm³/mol. The van der Waals surface area contributed by atoms with Crippen LogP contribution in [0.1, 0.15) is 42.6 Å². The number of rotatable bonds is 10. The summed E-state index contributed by atoms with van der Waals surface area (Å²) in [4.78, 5) is 54.8. The largest absolute Gasteiger partial charge is 0.493 e. The number of amidine groups is 1. The fraction of sp³-hybridized carbons (Fsp3) is 0.258. The van der Waals surface area contributed by atoms with Gasteiger partial charge in [-0.05, 0) is 31.4 Å². The monoisotopic (exact) mass is 599 g/mol. The smallest absolute Gasteiger partial charge is 0.354 e. The van der Waals surface area contributed by atoms with Gasteiger partial charge in [0.05, 0.1) is 30.4 Å². The maximum Gasteiger partial charge on any atom is 0.354 e. The summed E-state index contributed by atoms with van der Waals surface area (Å²) >= 11 is 0. The van der Waals surface area contributed by atoms with Gasteiger partial charge in [0, 0.05) is 31.8 Å². The van der Waals surface area contributed by atoms with Crippen LogP contribution in [0, 0.1) is 5.41 Å². The molecule has 0 unspecified atom stereocenters. The lowest BCUT2D eigenvalue weighted by Crippen LogP contribution is -2.62. The molecule has 13 heteroatoms. The van der Waals surface area contributed by atoms with Crippen LogP contribution in [0.25, 0.3) is 16.5 Å². The van der Waals surface area contributed by atoms with E-state index in [1.807, 2.05) is 30.3 Å². The second-order valence-corrected chi connectivity index (χ2v) is 9.87. The maximum atomic E-state index is 13.5. The zero-order valence-electron chi connectivity index (χ0n) is 24.8. The average molecular weight is 600 g/mol. The minimum atomic E-state index is -0.696. The van der Waals surface area contributed by atoms with Crippen molar-refractivity contribution >= 4 is 57.8 Å². The van der Waals surface area contributed by atoms with Crippen LogP contribution >= 0.6 is 0 Å². The Morgan fingerprint density at radius 3 is 2.52 bits per heavy atom. The van der Waals surface area contributed by atoms with E-state index >= 15 is 0 Å². The first kappa shape index (κ1) is 31.3. The number of likely N-dealkylation sites (tertiary alicyclic amines) is 1. The molecule has 2 aromatic heterocycles. The molecule has 0 spiro atoms. The van der Waals surface area contributed by atoms with Gasteiger partial charge >= 0.3 is 5.97 Å². The Bertz CT molecular complexity index is 1710. The standard InChI is InChI=1S/C31H34N8O5/c1-4-44-31(42)23(34)14-22(33)25(19-8-6-5-7-9-19)20-10-12-39(13-11-20)30(41)28(40)21-15-35-27-26(21)24(43-3)16-36-29(27)38-17-37-18(2)32/h5-9,14-17,33,35H,4,10-13,34H2,1-3H3,(H2,32,36,37,38)/p+1. The molecule has 1 amide bonds. The number of amides is 1. The van der Waals surface area contributed by atoms with Crippen LogP contribution in [0.4, 0.5) is 5.82 Å². The first-order valence-corrected chi connectivity index (χ1v) is 13.9. The number of nitrogens with zero attached hydrogens (tertiary/aromatic N) is 3. The van der Waals surface area contributed by atoms with Crippen LogP contribution in [-0.2, 0) is 14.3 Å². The number of aromatic nitrogens is 2. The van der Waals surface area contributed by atoms with Crippen LogP contribution in [0.2, 0.25) is 0 Å². The molecular weight excluding hydrogens is 564 g/mol. The van der Waals surface area contributed by atoms with Crippen LogP contribution in [-0.4, -0.2) is 77.2 Å². The van der Waals surface area contributed by atoms with Crippen molar-refractivity contribution in [2.45, 2.75) is 26.7 Å². The molecular formula is C31H35N8O5+. The van der Waals surface area contributed by atoms with Gasteiger partial charge in [-0.25, -0.2) is 9.79 Å². The van der Waals surface area contributed by atoms with Gasteiger partial charge in [0.25, 0.3) is 17.5 Å². The number of Topliss-reactive ketones (excluding diaryl/α,β-unsaturated/α-hetero) is 1. The van der Waals surface area contributed by atoms with Gasteiger partial charge in [-0.15, -0.1) is 4.98 Å². The molecule has 13 nitrogen and oxygen atoms in total. The fourth-order valence-corrected chi connectivity index (χ4v) is 4.90. The Kier molecular flexibility index (Phi) is 10.0. The number of nitrogens with one attached hydrogen (secondary N) is 3. The van der Waals surface area contributed by atoms with Gasteiger partial charge in [0.1, 0.15) is 17.4 Å². The molecule has 3 aromatic rings. The van der Waals surface area contributed by atoms with Crippen molar-refractivity contribution in [2.24, 2.45) is 16.5 Å². The fourth-order valence-electron chi connectivity index (χ4n) is 4.90. The number of carbonyl (C=O) groups excluding carboxylic acids is 3. The SMILES string of the molecule is CCOC(=O)C(N)=CC(=N)C(=C1CCN(C(=O)C(=O)c2c[nH]c3c([NH+]=CN=C(C)N)ncc(OC)c23)CC1)c1ccccc1. The molecule has 44 heavy (non-hydrogen) atoms. The van der Waals surface area contributed by atoms with Crippen molar-refractivity contribution in [3.63, 3.8) is 0 Å². The summed E-state index contributed by atoms with van der Waals surface area (Å²) in [5.74, 6) is -1.00. The molecule has 3 heterocycles. The van der Waals surface area contributed by atoms with E-state index in [1.54, 1.807) is 13.8 Å². The van der Waals surface area contributed by atoms with E-state index in [-0.39, 0.29) is 36.7 Å². The zero-order chi connectivity index (χ0) is 31.8. The summed E-state index contributed by atoms with van der Waals surface area (Å²) in [5, 5.41) is 9.18. The summed E-state index contributed by atoms with van der Waals surface area (Å²) < 4.78 is 10.4. The Balaban J connectivity index is 1.59. The van der Waals surface area contributed by atoms with E-state index in [0.29, 0.717) is 46.7 Å². The number of methoxy groups -OCH3 is 1. The van der Waals surface area contributed by atoms with Crippen LogP contribution in [0.15, 0.2) is 65.1 Å². The van der Waals surface area contributed by atoms with E-state index in [0.717, 1.165) is 11.1 Å². The second-order valence-electron chi connectivity index (χ2n) is 9.87. The van der Waals surface area contributed by atoms with Crippen LogP contribution in [0.3, 0.4) is 0 Å². The molecule has 1 saturated heterocycles. The number of nitrogens with two attached hydrogens (primary N) is 2. The third kappa shape index (κ3) is 6.89. The first-order valence-electron chi connectivity index (χ1n) is 13.9. The average Bonchev–Trinajstić information content (AvgIpc) is 3.47. The number of hydrogen-bond donors (Lipinski definition) is 5. The minimum absolute atomic E-state index is 0.0566. The van der Waals surface area contributed by atoms with Crippen molar-refractivity contribution in [3.8, 4) is 5.75 Å². The summed E-state index contributed by atoms with van der Waals surface area (Å²) in [6.45, 7) is 4.00. The molecule has 0 radical (unpaired) electrons. The normalized spacial score (nSPS) is 14.2. The third-order valence-corrected chi connectivity index (χ3v) is 6.95. The summed E-state index contributed by atoms with van der Waals surface area (Å²) in [5.41, 5.74) is 14.3. The van der Waals surface area contributed by atoms with Gasteiger partial charge < -0.3 is 36.2 Å². The molecule has 228 valence electrons. The van der Waals surface area contributed by atoms with Gasteiger partial charge in [-0.1, -0.05) is 40.9 Å². The summed E-state index contributed by atoms with van der Waals surface area (Å²) in [7, 11) is 1.46. The number of esters is 1. The van der Waals surface area contributed by atoms with E-state index in [9.17, 15) is 14.4 Å². The number of ether oxygens (including phenoxy) is 2. The quantitative estimate of drug-likeness (QED) is 0.0573. The predicted octanol–water partition coefficient (Wildman–Crippen LogP) is 1.37. The van der Waals surface area contributed by atoms with Gasteiger partial charge in [0.15, 0.2) is 11.6 Å². The minimum Gasteiger partial charge on any atom is -0.493 e. The molecule has 1 aliphatic rings. The number of ketones is 1. The molecule has 0 atom stereocenters. The number of allylic oxidation sites excluding steroid dienone is 2. The number of benzene rings is 1. The number of H-pyrrole nitrogens is 1. The number of carbonyl (C=O) groups is 3. The number of aliphatic imine (C=N–C) groups is 1. The number of hydrogen-bond acceptors (Lipinski definition) is 8. The van der Waals surface area contributed by atoms with E-state index in [4.69, 9.17) is 26.4 Å². The van der Waals surface area contributed by atoms with Gasteiger partial charge in [0.2, 0.25) is 6.34 Å². The van der Waals surface area contributed by atoms with E-state index in [1.165, 1.54) is 36.8 Å². The topological polar surface area (TPSA) is 204 Å². The lowest BCUT2D eigenvalue weighted by atomic mass is 9.89. The number of aromatic amines is 1. The number of piperidine rings is 1. The highest BCUT2D eigenvalue weighted by Gasteiger charge is 2.31. The van der Waals surface area contributed by atoms with Crippen molar-refractivity contribution < 1.29 is 28.8 Å². The molecule has 1 aliphatic heterocycles. The zero-order valence-corrected chi connectivity index (χ0v) is 24.8. The molecule has 7 N–H and O–H groups in total. The third-order valence-electron chi connectivity index (χ3n) is 6.95. The highest BCUT2D eigenvalue weighted by Crippen LogP contribution is 2.32. The van der Waals surface area contributed by atoms with E-state index < -0.39 is 17.7 Å². The molecule has 0 bridgehead atoms. The van der Waals surface area contributed by atoms with Gasteiger partial charge in [-0.3, -0.25) is 9.59 Å². The summed E-state index contributed by atoms with van der Waals surface area (Å²) in [6, 6.07) is 9.32. The molecule has 1 fully saturated rings. The Morgan fingerprint density at radius 1 is 1.18 bits per heavy atom. The van der Waals surface area contributed by atoms with Crippen LogP contribution in [0.5, 0.6) is 5.75 Å². The Morgan fingerprint density at radius 2 is 1.89 bits per heavy atom. The van der Waals surface area contributed by atoms with Crippen molar-refractivity contribution in [1.82, 2.24) is 14.9 Å². The lowest BCUT2D eigenvalue weighted by Gasteiger charge is -2.29. The number of fused-ring (bicyclic) bond motifs is 1. The Labute approximate surface area is 253 Å². The summed E-state index contributed by atoms with van der Waals surface area (Å²) in [6.07, 6.45) is 6.42. The number of pyridine rings is 1. The van der Waals surface area contributed by atoms with Crippen molar-refractivity contribution in [2.75, 3.05) is 26.8 Å². The molecule has 0 aliphatic carbocycles. The highest BCUT2D eigenvalue weighted by molar-refractivity contribution is 6.45. The van der Waals surface area contributed by atoms with Crippen LogP contribution < -0.4 is 21.2 Å². The molecule has 4 rings (SSSR count). The second kappa shape index (κ2) is 14.1. The first-order chi connectivity index (χ1) is 21.2. The van der Waals surface area contributed by atoms with Gasteiger partial charge in [-0.2, -0.15) is 0 Å². The van der Waals surface area contributed by atoms with E-state index in [2.05, 4.69) is 20.0 Å². The lowest BCUT2D eigenvalue weighted by molar-refractivity contribution is -0.351. The molecule has 0 saturated carbocycles. The molecule has 1 aromatic carbocycles. The maximum absolute atomic E-state index is 13.5.